The van der Waals surface area contributed by atoms with E-state index in [1.54, 1.807) is 0 Å². The van der Waals surface area contributed by atoms with E-state index >= 15 is 0 Å². The lowest BCUT2D eigenvalue weighted by Crippen LogP contribution is -1.94. The fourth-order valence-corrected chi connectivity index (χ4v) is 1.04. The summed E-state index contributed by atoms with van der Waals surface area (Å²) >= 11 is 0. The van der Waals surface area contributed by atoms with Gasteiger partial charge in [0.15, 0.2) is 0 Å². The number of para-hydroxylation sites is 1. The molecule has 1 aromatic rings. The van der Waals surface area contributed by atoms with Crippen molar-refractivity contribution in [3.05, 3.63) is 29.8 Å². The second-order valence-corrected chi connectivity index (χ2v) is 2.78. The van der Waals surface area contributed by atoms with Crippen LogP contribution in [0.15, 0.2) is 24.3 Å². The molecule has 0 bridgehead atoms. The van der Waals surface area contributed by atoms with Gasteiger partial charge in [0.1, 0.15) is 0 Å². The van der Waals surface area contributed by atoms with Crippen molar-refractivity contribution in [2.45, 2.75) is 19.8 Å². The van der Waals surface area contributed by atoms with Gasteiger partial charge in [-0.2, -0.15) is 0 Å². The fourth-order valence-electron chi connectivity index (χ4n) is 1.04. The van der Waals surface area contributed by atoms with Gasteiger partial charge in [-0.05, 0) is 17.5 Å². The van der Waals surface area contributed by atoms with Crippen LogP contribution in [-0.2, 0) is 0 Å². The Morgan fingerprint density at radius 3 is 2.09 bits per heavy atom. The summed E-state index contributed by atoms with van der Waals surface area (Å²) in [5.41, 5.74) is 7.86. The molecular weight excluding hydrogens is 202 g/mol. The van der Waals surface area contributed by atoms with Gasteiger partial charge in [0.05, 0.1) is 0 Å². The summed E-state index contributed by atoms with van der Waals surface area (Å²) in [6, 6.07) is 7.99. The van der Waals surface area contributed by atoms with E-state index in [1.165, 1.54) is 5.56 Å². The third-order valence-electron chi connectivity index (χ3n) is 1.62. The highest BCUT2D eigenvalue weighted by Crippen LogP contribution is 2.19. The molecule has 2 N–H and O–H groups in total. The highest BCUT2D eigenvalue weighted by Gasteiger charge is 2.00. The first kappa shape index (κ1) is 10.5. The van der Waals surface area contributed by atoms with E-state index in [-0.39, 0.29) is 17.0 Å². The molecule has 0 aliphatic rings. The third kappa shape index (κ3) is 2.54. The zero-order chi connectivity index (χ0) is 7.56. The van der Waals surface area contributed by atoms with Crippen LogP contribution < -0.4 is 5.73 Å². The maximum atomic E-state index is 5.72. The zero-order valence-corrected chi connectivity index (χ0v) is 8.59. The number of halogens is 1. The van der Waals surface area contributed by atoms with Gasteiger partial charge in [-0.25, -0.2) is 0 Å². The van der Waals surface area contributed by atoms with E-state index in [1.807, 2.05) is 18.2 Å². The molecule has 0 aliphatic carbocycles. The Morgan fingerprint density at radius 1 is 1.18 bits per heavy atom. The van der Waals surface area contributed by atoms with E-state index in [4.69, 9.17) is 5.73 Å². The summed E-state index contributed by atoms with van der Waals surface area (Å²) in [6.45, 7) is 4.29. The highest BCUT2D eigenvalue weighted by molar-refractivity contribution is 8.93. The molecule has 0 atom stereocenters. The smallest absolute Gasteiger partial charge is 0.0349 e. The van der Waals surface area contributed by atoms with Crippen LogP contribution in [0, 0.1) is 0 Å². The lowest BCUT2D eigenvalue weighted by Gasteiger charge is -2.07. The van der Waals surface area contributed by atoms with E-state index in [2.05, 4.69) is 19.9 Å². The van der Waals surface area contributed by atoms with Gasteiger partial charge in [0.2, 0.25) is 0 Å². The molecule has 1 rings (SSSR count). The minimum absolute atomic E-state index is 0. The minimum atomic E-state index is 0. The van der Waals surface area contributed by atoms with Gasteiger partial charge in [-0.15, -0.1) is 17.0 Å². The summed E-state index contributed by atoms with van der Waals surface area (Å²) < 4.78 is 0. The van der Waals surface area contributed by atoms with Crippen LogP contribution in [0.3, 0.4) is 0 Å². The summed E-state index contributed by atoms with van der Waals surface area (Å²) in [5.74, 6) is 0.529. The zero-order valence-electron chi connectivity index (χ0n) is 6.87. The average molecular weight is 216 g/mol. The second kappa shape index (κ2) is 4.39. The van der Waals surface area contributed by atoms with Gasteiger partial charge in [-0.3, -0.25) is 0 Å². The van der Waals surface area contributed by atoms with Gasteiger partial charge in [0, 0.05) is 5.69 Å². The molecule has 0 radical (unpaired) electrons. The third-order valence-corrected chi connectivity index (χ3v) is 1.62. The molecule has 0 aromatic heterocycles. The molecule has 0 aliphatic heterocycles. The van der Waals surface area contributed by atoms with Gasteiger partial charge >= 0.3 is 0 Å². The highest BCUT2D eigenvalue weighted by atomic mass is 79.9. The standard InChI is InChI=1S/C9H13N.BrH/c1-7(2)8-5-3-4-6-9(8)10;/h3-7H,10H2,1-2H3;1H. The summed E-state index contributed by atoms with van der Waals surface area (Å²) in [6.07, 6.45) is 0. The fraction of sp³-hybridized carbons (Fsp3) is 0.333. The van der Waals surface area contributed by atoms with E-state index in [0.717, 1.165) is 5.69 Å². The lowest BCUT2D eigenvalue weighted by atomic mass is 10.0. The van der Waals surface area contributed by atoms with E-state index in [9.17, 15) is 0 Å². The molecular formula is C9H14BrN. The maximum absolute atomic E-state index is 5.72. The molecule has 62 valence electrons. The van der Waals surface area contributed by atoms with Crippen LogP contribution in [0.5, 0.6) is 0 Å². The summed E-state index contributed by atoms with van der Waals surface area (Å²) in [5, 5.41) is 0. The number of hydrogen-bond acceptors (Lipinski definition) is 1. The maximum Gasteiger partial charge on any atom is 0.0349 e. The van der Waals surface area contributed by atoms with E-state index < -0.39 is 0 Å². The Bertz CT molecular complexity index is 221. The van der Waals surface area contributed by atoms with Crippen LogP contribution in [0.2, 0.25) is 0 Å². The second-order valence-electron chi connectivity index (χ2n) is 2.78. The summed E-state index contributed by atoms with van der Waals surface area (Å²) in [4.78, 5) is 0. The number of benzene rings is 1. The average Bonchev–Trinajstić information content (AvgIpc) is 1.88. The number of rotatable bonds is 1. The number of nitrogen functional groups attached to an aromatic ring is 1. The molecule has 0 saturated carbocycles. The quantitative estimate of drug-likeness (QED) is 0.717. The molecule has 2 heteroatoms. The molecule has 0 heterocycles. The Morgan fingerprint density at radius 2 is 1.73 bits per heavy atom. The summed E-state index contributed by atoms with van der Waals surface area (Å²) in [7, 11) is 0. The Labute approximate surface area is 78.4 Å². The van der Waals surface area contributed by atoms with Crippen molar-refractivity contribution in [1.29, 1.82) is 0 Å². The number of hydrogen-bond donors (Lipinski definition) is 1. The van der Waals surface area contributed by atoms with Crippen LogP contribution in [-0.4, -0.2) is 0 Å². The normalized spacial score (nSPS) is 9.36. The van der Waals surface area contributed by atoms with Crippen LogP contribution in [0.4, 0.5) is 5.69 Å². The topological polar surface area (TPSA) is 26.0 Å². The predicted molar refractivity (Wildman–Crippen MR) is 55.3 cm³/mol. The van der Waals surface area contributed by atoms with Crippen molar-refractivity contribution in [1.82, 2.24) is 0 Å². The van der Waals surface area contributed by atoms with Crippen molar-refractivity contribution >= 4 is 22.7 Å². The monoisotopic (exact) mass is 215 g/mol. The first-order valence-corrected chi connectivity index (χ1v) is 3.56. The Hall–Kier alpha value is -0.500. The first-order chi connectivity index (χ1) is 4.72. The van der Waals surface area contributed by atoms with Crippen molar-refractivity contribution in [2.24, 2.45) is 0 Å². The lowest BCUT2D eigenvalue weighted by molar-refractivity contribution is 0.870. The predicted octanol–water partition coefficient (Wildman–Crippen LogP) is 2.97. The van der Waals surface area contributed by atoms with Gasteiger partial charge in [0.25, 0.3) is 0 Å². The Balaban J connectivity index is 0.000001000. The van der Waals surface area contributed by atoms with Crippen molar-refractivity contribution < 1.29 is 0 Å². The van der Waals surface area contributed by atoms with E-state index in [0.29, 0.717) is 5.92 Å². The number of anilines is 1. The molecule has 0 saturated heterocycles. The van der Waals surface area contributed by atoms with Crippen molar-refractivity contribution in [3.63, 3.8) is 0 Å². The largest absolute Gasteiger partial charge is 0.398 e. The minimum Gasteiger partial charge on any atom is -0.398 e. The molecule has 1 nitrogen and oxygen atoms in total. The van der Waals surface area contributed by atoms with Crippen LogP contribution in [0.1, 0.15) is 25.3 Å². The molecule has 0 unspecified atom stereocenters. The van der Waals surface area contributed by atoms with Crippen molar-refractivity contribution in [3.8, 4) is 0 Å². The molecule has 0 spiro atoms. The Kier molecular flexibility index (Phi) is 4.19. The van der Waals surface area contributed by atoms with Gasteiger partial charge in [-0.1, -0.05) is 32.0 Å². The first-order valence-electron chi connectivity index (χ1n) is 3.56. The molecule has 1 aromatic carbocycles. The van der Waals surface area contributed by atoms with Crippen molar-refractivity contribution in [2.75, 3.05) is 5.73 Å². The molecule has 0 amide bonds. The molecule has 0 fully saturated rings. The van der Waals surface area contributed by atoms with Crippen LogP contribution in [0.25, 0.3) is 0 Å². The number of nitrogens with two attached hydrogens (primary N) is 1. The van der Waals surface area contributed by atoms with Gasteiger partial charge < -0.3 is 5.73 Å². The molecule has 11 heavy (non-hydrogen) atoms. The SMILES string of the molecule is Br.CC(C)c1ccccc1N. The van der Waals surface area contributed by atoms with Crippen LogP contribution >= 0.6 is 17.0 Å².